The molecule has 4 N–H and O–H groups in total. The number of carboxylic acid groups (broad SMARTS) is 1. The van der Waals surface area contributed by atoms with Crippen LogP contribution < -0.4 is 10.6 Å². The molecule has 9 heteroatoms. The first kappa shape index (κ1) is 22.8. The van der Waals surface area contributed by atoms with Gasteiger partial charge in [0.05, 0.1) is 23.4 Å². The number of amides is 2. The van der Waals surface area contributed by atoms with Gasteiger partial charge in [0.15, 0.2) is 5.65 Å². The molecule has 3 aliphatic carbocycles. The van der Waals surface area contributed by atoms with Crippen LogP contribution in [0.5, 0.6) is 0 Å². The molecule has 182 valence electrons. The van der Waals surface area contributed by atoms with Gasteiger partial charge in [-0.2, -0.15) is 0 Å². The van der Waals surface area contributed by atoms with Crippen molar-refractivity contribution in [3.8, 4) is 0 Å². The summed E-state index contributed by atoms with van der Waals surface area (Å²) in [5, 5.41) is 15.4. The number of aliphatic carboxylic acids is 1. The molecule has 2 aromatic heterocycles. The summed E-state index contributed by atoms with van der Waals surface area (Å²) in [6.45, 7) is 0. The molecule has 34 heavy (non-hydrogen) atoms. The summed E-state index contributed by atoms with van der Waals surface area (Å²) in [4.78, 5) is 50.1. The molecule has 3 saturated carbocycles. The summed E-state index contributed by atoms with van der Waals surface area (Å²) in [5.41, 5.74) is 2.46. The Morgan fingerprint density at radius 1 is 1.00 bits per heavy atom. The highest BCUT2D eigenvalue weighted by Gasteiger charge is 2.34. The SMILES string of the molecule is O=C(NC(C(=O)NC1CCC(C(=O)O)CC1)C1CCCCC1)c1c[nH]c2ncc(C3CC3)nc12. The molecule has 5 rings (SSSR count). The van der Waals surface area contributed by atoms with Gasteiger partial charge < -0.3 is 20.7 Å². The van der Waals surface area contributed by atoms with Gasteiger partial charge in [-0.05, 0) is 57.3 Å². The molecule has 0 bridgehead atoms. The molecular formula is C25H33N5O4. The number of H-pyrrole nitrogens is 1. The highest BCUT2D eigenvalue weighted by molar-refractivity contribution is 6.06. The minimum atomic E-state index is -0.760. The Morgan fingerprint density at radius 2 is 1.74 bits per heavy atom. The fourth-order valence-corrected chi connectivity index (χ4v) is 5.51. The molecule has 0 aromatic carbocycles. The van der Waals surface area contributed by atoms with Gasteiger partial charge in [0.25, 0.3) is 5.91 Å². The van der Waals surface area contributed by atoms with Crippen molar-refractivity contribution in [3.63, 3.8) is 0 Å². The standard InChI is InChI=1S/C25H33N5O4/c31-23(18-12-26-22-21(18)29-19(13-27-22)14-6-7-14)30-20(15-4-2-1-3-5-15)24(32)28-17-10-8-16(9-11-17)25(33)34/h12-17,20H,1-11H2,(H,26,27)(H,28,32)(H,30,31)(H,33,34). The van der Waals surface area contributed by atoms with Crippen LogP contribution in [0.3, 0.4) is 0 Å². The van der Waals surface area contributed by atoms with Crippen LogP contribution in [0.1, 0.15) is 92.6 Å². The second-order valence-electron chi connectivity index (χ2n) is 10.2. The molecule has 3 aliphatic rings. The van der Waals surface area contributed by atoms with Crippen molar-refractivity contribution in [1.29, 1.82) is 0 Å². The number of nitrogens with one attached hydrogen (secondary N) is 3. The number of carboxylic acids is 1. The lowest BCUT2D eigenvalue weighted by atomic mass is 9.82. The zero-order chi connectivity index (χ0) is 23.7. The van der Waals surface area contributed by atoms with E-state index in [1.807, 2.05) is 0 Å². The first-order valence-corrected chi connectivity index (χ1v) is 12.7. The number of aromatic amines is 1. The van der Waals surface area contributed by atoms with Crippen LogP contribution in [-0.4, -0.2) is 49.9 Å². The lowest BCUT2D eigenvalue weighted by Crippen LogP contribution is -2.54. The molecule has 0 spiro atoms. The number of hydrogen-bond donors (Lipinski definition) is 4. The predicted octanol–water partition coefficient (Wildman–Crippen LogP) is 3.27. The molecule has 3 fully saturated rings. The van der Waals surface area contributed by atoms with Gasteiger partial charge in [-0.15, -0.1) is 0 Å². The summed E-state index contributed by atoms with van der Waals surface area (Å²) in [7, 11) is 0. The lowest BCUT2D eigenvalue weighted by molar-refractivity contribution is -0.142. The van der Waals surface area contributed by atoms with Gasteiger partial charge in [-0.1, -0.05) is 19.3 Å². The van der Waals surface area contributed by atoms with Crippen molar-refractivity contribution < 1.29 is 19.5 Å². The van der Waals surface area contributed by atoms with E-state index in [0.29, 0.717) is 48.3 Å². The molecule has 2 heterocycles. The van der Waals surface area contributed by atoms with Crippen molar-refractivity contribution in [3.05, 3.63) is 23.7 Å². The van der Waals surface area contributed by atoms with Crippen LogP contribution in [0.25, 0.3) is 11.2 Å². The Labute approximate surface area is 198 Å². The summed E-state index contributed by atoms with van der Waals surface area (Å²) < 4.78 is 0. The monoisotopic (exact) mass is 467 g/mol. The van der Waals surface area contributed by atoms with Crippen LogP contribution >= 0.6 is 0 Å². The molecule has 0 radical (unpaired) electrons. The smallest absolute Gasteiger partial charge is 0.306 e. The van der Waals surface area contributed by atoms with E-state index < -0.39 is 12.0 Å². The van der Waals surface area contributed by atoms with Crippen molar-refractivity contribution in [2.24, 2.45) is 11.8 Å². The largest absolute Gasteiger partial charge is 0.481 e. The summed E-state index contributed by atoms with van der Waals surface area (Å²) in [6, 6.07) is -0.666. The Kier molecular flexibility index (Phi) is 6.52. The zero-order valence-electron chi connectivity index (χ0n) is 19.4. The third-order valence-electron chi connectivity index (χ3n) is 7.75. The number of rotatable bonds is 7. The van der Waals surface area contributed by atoms with Gasteiger partial charge in [-0.3, -0.25) is 14.4 Å². The van der Waals surface area contributed by atoms with Crippen LogP contribution in [0.4, 0.5) is 0 Å². The van der Waals surface area contributed by atoms with E-state index in [1.54, 1.807) is 12.4 Å². The number of hydrogen-bond acceptors (Lipinski definition) is 5. The highest BCUT2D eigenvalue weighted by atomic mass is 16.4. The van der Waals surface area contributed by atoms with E-state index in [4.69, 9.17) is 4.98 Å². The fourth-order valence-electron chi connectivity index (χ4n) is 5.51. The predicted molar refractivity (Wildman–Crippen MR) is 125 cm³/mol. The highest BCUT2D eigenvalue weighted by Crippen LogP contribution is 2.39. The average Bonchev–Trinajstić information content (AvgIpc) is 3.62. The van der Waals surface area contributed by atoms with Crippen LogP contribution in [0, 0.1) is 11.8 Å². The number of aromatic nitrogens is 3. The minimum absolute atomic E-state index is 0.0499. The van der Waals surface area contributed by atoms with E-state index in [-0.39, 0.29) is 29.7 Å². The molecule has 0 saturated heterocycles. The Morgan fingerprint density at radius 3 is 2.41 bits per heavy atom. The Bertz CT molecular complexity index is 1060. The van der Waals surface area contributed by atoms with Crippen LogP contribution in [0.15, 0.2) is 12.4 Å². The quantitative estimate of drug-likeness (QED) is 0.493. The van der Waals surface area contributed by atoms with E-state index in [2.05, 4.69) is 20.6 Å². The van der Waals surface area contributed by atoms with Crippen molar-refractivity contribution in [2.75, 3.05) is 0 Å². The Hall–Kier alpha value is -2.97. The van der Waals surface area contributed by atoms with Gasteiger partial charge >= 0.3 is 5.97 Å². The van der Waals surface area contributed by atoms with Crippen LogP contribution in [0.2, 0.25) is 0 Å². The third-order valence-corrected chi connectivity index (χ3v) is 7.75. The second-order valence-corrected chi connectivity index (χ2v) is 10.2. The number of fused-ring (bicyclic) bond motifs is 1. The topological polar surface area (TPSA) is 137 Å². The molecule has 9 nitrogen and oxygen atoms in total. The maximum Gasteiger partial charge on any atom is 0.306 e. The first-order valence-electron chi connectivity index (χ1n) is 12.7. The number of nitrogens with zero attached hydrogens (tertiary/aromatic N) is 2. The summed E-state index contributed by atoms with van der Waals surface area (Å²) >= 11 is 0. The van der Waals surface area contributed by atoms with Crippen molar-refractivity contribution >= 4 is 28.9 Å². The lowest BCUT2D eigenvalue weighted by Gasteiger charge is -2.33. The normalized spacial score (nSPS) is 24.5. The average molecular weight is 468 g/mol. The molecule has 2 aromatic rings. The summed E-state index contributed by atoms with van der Waals surface area (Å²) in [5.74, 6) is -1.04. The number of carbonyl (C=O) groups excluding carboxylic acids is 2. The second kappa shape index (κ2) is 9.72. The molecule has 1 unspecified atom stereocenters. The zero-order valence-corrected chi connectivity index (χ0v) is 19.4. The number of carbonyl (C=O) groups is 3. The van der Waals surface area contributed by atoms with Crippen LogP contribution in [-0.2, 0) is 9.59 Å². The molecular weight excluding hydrogens is 434 g/mol. The molecule has 0 aliphatic heterocycles. The molecule has 2 amide bonds. The maximum atomic E-state index is 13.4. The van der Waals surface area contributed by atoms with Gasteiger partial charge in [0.1, 0.15) is 11.6 Å². The first-order chi connectivity index (χ1) is 16.5. The minimum Gasteiger partial charge on any atom is -0.481 e. The fraction of sp³-hybridized carbons (Fsp3) is 0.640. The van der Waals surface area contributed by atoms with E-state index in [0.717, 1.165) is 50.6 Å². The van der Waals surface area contributed by atoms with Gasteiger partial charge in [-0.25, -0.2) is 9.97 Å². The third kappa shape index (κ3) is 4.93. The molecule has 1 atom stereocenters. The van der Waals surface area contributed by atoms with E-state index in [9.17, 15) is 19.5 Å². The van der Waals surface area contributed by atoms with E-state index >= 15 is 0 Å². The van der Waals surface area contributed by atoms with E-state index in [1.165, 1.54) is 0 Å². The van der Waals surface area contributed by atoms with Crippen molar-refractivity contribution in [2.45, 2.75) is 88.6 Å². The summed E-state index contributed by atoms with van der Waals surface area (Å²) in [6.07, 6.45) is 13.1. The Balaban J connectivity index is 1.30. The van der Waals surface area contributed by atoms with Gasteiger partial charge in [0, 0.05) is 18.2 Å². The van der Waals surface area contributed by atoms with Crippen molar-refractivity contribution in [1.82, 2.24) is 25.6 Å². The maximum absolute atomic E-state index is 13.4. The van der Waals surface area contributed by atoms with Gasteiger partial charge in [0.2, 0.25) is 5.91 Å².